The van der Waals surface area contributed by atoms with E-state index in [0.29, 0.717) is 18.3 Å². The van der Waals surface area contributed by atoms with Crippen molar-refractivity contribution in [2.75, 3.05) is 13.1 Å². The second-order valence-electron chi connectivity index (χ2n) is 4.39. The molecular weight excluding hydrogens is 234 g/mol. The number of amides is 1. The van der Waals surface area contributed by atoms with E-state index in [9.17, 15) is 4.79 Å². The van der Waals surface area contributed by atoms with Crippen LogP contribution in [-0.4, -0.2) is 34.9 Å². The molecule has 17 heavy (non-hydrogen) atoms. The SMILES string of the molecule is CCCN(C(=O)c1csc(CCN)n1)C1CC1. The molecule has 0 aliphatic heterocycles. The number of rotatable bonds is 6. The topological polar surface area (TPSA) is 59.2 Å². The van der Waals surface area contributed by atoms with Crippen LogP contribution in [0.3, 0.4) is 0 Å². The van der Waals surface area contributed by atoms with Gasteiger partial charge in [0.05, 0.1) is 5.01 Å². The highest BCUT2D eigenvalue weighted by Gasteiger charge is 2.33. The molecule has 1 aliphatic carbocycles. The van der Waals surface area contributed by atoms with Crippen molar-refractivity contribution in [3.63, 3.8) is 0 Å². The minimum Gasteiger partial charge on any atom is -0.334 e. The third-order valence-corrected chi connectivity index (χ3v) is 3.75. The Morgan fingerprint density at radius 1 is 1.65 bits per heavy atom. The number of carbonyl (C=O) groups excluding carboxylic acids is 1. The van der Waals surface area contributed by atoms with Gasteiger partial charge in [-0.1, -0.05) is 6.92 Å². The van der Waals surface area contributed by atoms with Crippen molar-refractivity contribution in [2.45, 2.75) is 38.6 Å². The molecule has 1 fully saturated rings. The Morgan fingerprint density at radius 2 is 2.41 bits per heavy atom. The predicted molar refractivity (Wildman–Crippen MR) is 69.2 cm³/mol. The highest BCUT2D eigenvalue weighted by atomic mass is 32.1. The summed E-state index contributed by atoms with van der Waals surface area (Å²) in [6.07, 6.45) is 4.05. The molecule has 0 unspecified atom stereocenters. The van der Waals surface area contributed by atoms with Gasteiger partial charge in [-0.2, -0.15) is 0 Å². The van der Waals surface area contributed by atoms with Crippen LogP contribution in [0.25, 0.3) is 0 Å². The average Bonchev–Trinajstić information content (AvgIpc) is 3.06. The fourth-order valence-corrected chi connectivity index (χ4v) is 2.66. The van der Waals surface area contributed by atoms with Gasteiger partial charge < -0.3 is 10.6 Å². The fraction of sp³-hybridized carbons (Fsp3) is 0.667. The molecule has 1 saturated carbocycles. The van der Waals surface area contributed by atoms with Crippen LogP contribution in [0, 0.1) is 0 Å². The van der Waals surface area contributed by atoms with E-state index < -0.39 is 0 Å². The summed E-state index contributed by atoms with van der Waals surface area (Å²) in [6, 6.07) is 0.460. The van der Waals surface area contributed by atoms with E-state index in [1.807, 2.05) is 10.3 Å². The highest BCUT2D eigenvalue weighted by molar-refractivity contribution is 7.09. The molecule has 0 aromatic carbocycles. The number of aromatic nitrogens is 1. The first-order chi connectivity index (χ1) is 8.26. The Morgan fingerprint density at radius 3 is 3.00 bits per heavy atom. The van der Waals surface area contributed by atoms with Gasteiger partial charge in [0.25, 0.3) is 5.91 Å². The highest BCUT2D eigenvalue weighted by Crippen LogP contribution is 2.28. The standard InChI is InChI=1S/C12H19N3OS/c1-2-7-15(9-3-4-9)12(16)10-8-17-11(14-10)5-6-13/h8-9H,2-7,13H2,1H3. The molecule has 2 rings (SSSR count). The largest absolute Gasteiger partial charge is 0.334 e. The predicted octanol–water partition coefficient (Wildman–Crippen LogP) is 1.66. The lowest BCUT2D eigenvalue weighted by molar-refractivity contribution is 0.0738. The number of hydrogen-bond acceptors (Lipinski definition) is 4. The van der Waals surface area contributed by atoms with Crippen molar-refractivity contribution in [3.05, 3.63) is 16.1 Å². The van der Waals surface area contributed by atoms with Crippen LogP contribution >= 0.6 is 11.3 Å². The van der Waals surface area contributed by atoms with E-state index in [4.69, 9.17) is 5.73 Å². The van der Waals surface area contributed by atoms with Gasteiger partial charge in [0.1, 0.15) is 5.69 Å². The van der Waals surface area contributed by atoms with Crippen molar-refractivity contribution in [1.82, 2.24) is 9.88 Å². The molecule has 0 radical (unpaired) electrons. The Hall–Kier alpha value is -0.940. The van der Waals surface area contributed by atoms with E-state index in [-0.39, 0.29) is 5.91 Å². The van der Waals surface area contributed by atoms with Crippen LogP contribution in [0.2, 0.25) is 0 Å². The maximum Gasteiger partial charge on any atom is 0.273 e. The Labute approximate surface area is 106 Å². The van der Waals surface area contributed by atoms with Crippen LogP contribution in [0.5, 0.6) is 0 Å². The fourth-order valence-electron chi connectivity index (χ4n) is 1.87. The zero-order valence-electron chi connectivity index (χ0n) is 10.2. The van der Waals surface area contributed by atoms with Gasteiger partial charge in [0.2, 0.25) is 0 Å². The van der Waals surface area contributed by atoms with Crippen molar-refractivity contribution in [2.24, 2.45) is 5.73 Å². The van der Waals surface area contributed by atoms with Crippen LogP contribution in [-0.2, 0) is 6.42 Å². The Kier molecular flexibility index (Phi) is 4.12. The summed E-state index contributed by atoms with van der Waals surface area (Å²) >= 11 is 1.53. The third-order valence-electron chi connectivity index (χ3n) is 2.84. The van der Waals surface area contributed by atoms with Gasteiger partial charge >= 0.3 is 0 Å². The maximum atomic E-state index is 12.3. The Balaban J connectivity index is 2.05. The normalized spacial score (nSPS) is 14.9. The molecule has 1 aromatic heterocycles. The lowest BCUT2D eigenvalue weighted by atomic mass is 10.3. The van der Waals surface area contributed by atoms with Gasteiger partial charge in [0, 0.05) is 24.4 Å². The van der Waals surface area contributed by atoms with E-state index in [1.165, 1.54) is 11.3 Å². The van der Waals surface area contributed by atoms with Crippen LogP contribution in [0.1, 0.15) is 41.7 Å². The maximum absolute atomic E-state index is 12.3. The second-order valence-corrected chi connectivity index (χ2v) is 5.34. The average molecular weight is 253 g/mol. The quantitative estimate of drug-likeness (QED) is 0.838. The van der Waals surface area contributed by atoms with Gasteiger partial charge in [-0.25, -0.2) is 4.98 Å². The van der Waals surface area contributed by atoms with Crippen molar-refractivity contribution in [3.8, 4) is 0 Å². The first-order valence-corrected chi connectivity index (χ1v) is 7.09. The van der Waals surface area contributed by atoms with Gasteiger partial charge in [-0.3, -0.25) is 4.79 Å². The molecule has 0 saturated heterocycles. The summed E-state index contributed by atoms with van der Waals surface area (Å²) in [7, 11) is 0. The molecule has 0 spiro atoms. The lowest BCUT2D eigenvalue weighted by Gasteiger charge is -2.20. The molecule has 1 heterocycles. The lowest BCUT2D eigenvalue weighted by Crippen LogP contribution is -2.34. The summed E-state index contributed by atoms with van der Waals surface area (Å²) in [5.74, 6) is 0.0915. The van der Waals surface area contributed by atoms with Crippen LogP contribution in [0.4, 0.5) is 0 Å². The molecule has 2 N–H and O–H groups in total. The summed E-state index contributed by atoms with van der Waals surface area (Å²) in [4.78, 5) is 18.6. The molecule has 0 atom stereocenters. The number of nitrogens with zero attached hydrogens (tertiary/aromatic N) is 2. The van der Waals surface area contributed by atoms with Gasteiger partial charge in [-0.05, 0) is 25.8 Å². The van der Waals surface area contributed by atoms with Crippen molar-refractivity contribution < 1.29 is 4.79 Å². The number of nitrogens with two attached hydrogens (primary N) is 1. The summed E-state index contributed by atoms with van der Waals surface area (Å²) < 4.78 is 0. The first kappa shape index (κ1) is 12.5. The summed E-state index contributed by atoms with van der Waals surface area (Å²) in [5, 5.41) is 2.82. The second kappa shape index (κ2) is 5.60. The van der Waals surface area contributed by atoms with E-state index >= 15 is 0 Å². The smallest absolute Gasteiger partial charge is 0.273 e. The Bertz CT molecular complexity index is 387. The van der Waals surface area contributed by atoms with E-state index in [2.05, 4.69) is 11.9 Å². The third kappa shape index (κ3) is 3.04. The molecule has 1 aromatic rings. The number of thiazole rings is 1. The van der Waals surface area contributed by atoms with Crippen LogP contribution in [0.15, 0.2) is 5.38 Å². The molecule has 0 bridgehead atoms. The summed E-state index contributed by atoms with van der Waals surface area (Å²) in [5.41, 5.74) is 6.08. The summed E-state index contributed by atoms with van der Waals surface area (Å²) in [6.45, 7) is 3.53. The zero-order valence-corrected chi connectivity index (χ0v) is 11.0. The van der Waals surface area contributed by atoms with Gasteiger partial charge in [-0.15, -0.1) is 11.3 Å². The number of hydrogen-bond donors (Lipinski definition) is 1. The zero-order chi connectivity index (χ0) is 12.3. The molecule has 5 heteroatoms. The minimum absolute atomic E-state index is 0.0915. The van der Waals surface area contributed by atoms with Crippen LogP contribution < -0.4 is 5.73 Å². The molecule has 94 valence electrons. The minimum atomic E-state index is 0.0915. The van der Waals surface area contributed by atoms with Crippen molar-refractivity contribution in [1.29, 1.82) is 0 Å². The first-order valence-electron chi connectivity index (χ1n) is 6.21. The number of carbonyl (C=O) groups is 1. The van der Waals surface area contributed by atoms with Crippen molar-refractivity contribution >= 4 is 17.2 Å². The molecule has 1 amide bonds. The monoisotopic (exact) mass is 253 g/mol. The van der Waals surface area contributed by atoms with E-state index in [1.54, 1.807) is 0 Å². The molecular formula is C12H19N3OS. The molecule has 1 aliphatic rings. The molecule has 4 nitrogen and oxygen atoms in total. The van der Waals surface area contributed by atoms with E-state index in [0.717, 1.165) is 37.2 Å². The van der Waals surface area contributed by atoms with Gasteiger partial charge in [0.15, 0.2) is 0 Å².